The SMILES string of the molecule is CC(C)c1ccc(C(=O)c2cccc(/C=C3/CN=C(Cc4[nH]cnc4C(C)(C)C)C(=O)N3)c2)cc1. The fourth-order valence-electron chi connectivity index (χ4n) is 4.15. The van der Waals surface area contributed by atoms with Crippen molar-refractivity contribution in [3.63, 3.8) is 0 Å². The van der Waals surface area contributed by atoms with Gasteiger partial charge in [0.25, 0.3) is 5.91 Å². The molecule has 180 valence electrons. The lowest BCUT2D eigenvalue weighted by Gasteiger charge is -2.19. The quantitative estimate of drug-likeness (QED) is 0.487. The van der Waals surface area contributed by atoms with E-state index in [0.29, 0.717) is 41.4 Å². The Labute approximate surface area is 206 Å². The van der Waals surface area contributed by atoms with Crippen molar-refractivity contribution in [1.82, 2.24) is 15.3 Å². The molecular weight excluding hydrogens is 436 g/mol. The Morgan fingerprint density at radius 2 is 1.83 bits per heavy atom. The maximum atomic E-state index is 13.0. The molecular formula is C29H32N4O2. The molecule has 0 atom stereocenters. The number of ketones is 1. The van der Waals surface area contributed by atoms with E-state index in [0.717, 1.165) is 17.0 Å². The van der Waals surface area contributed by atoms with Gasteiger partial charge in [0.2, 0.25) is 0 Å². The van der Waals surface area contributed by atoms with Crippen LogP contribution in [0.3, 0.4) is 0 Å². The summed E-state index contributed by atoms with van der Waals surface area (Å²) in [7, 11) is 0. The number of aromatic amines is 1. The van der Waals surface area contributed by atoms with E-state index in [1.54, 1.807) is 6.33 Å². The van der Waals surface area contributed by atoms with Crippen LogP contribution >= 0.6 is 0 Å². The number of imidazole rings is 1. The second-order valence-electron chi connectivity index (χ2n) is 10.3. The summed E-state index contributed by atoms with van der Waals surface area (Å²) < 4.78 is 0. The van der Waals surface area contributed by atoms with Gasteiger partial charge in [-0.1, -0.05) is 77.1 Å². The molecule has 0 saturated carbocycles. The standard InChI is InChI=1S/C29H32N4O2/c1-18(2)20-9-11-21(12-10-20)26(34)22-8-6-7-19(13-22)14-23-16-30-25(28(35)33-23)15-24-27(29(3,4)5)32-17-31-24/h6-14,17-18H,15-16H2,1-5H3,(H,31,32)(H,33,35)/b23-14-. The molecule has 1 aliphatic rings. The van der Waals surface area contributed by atoms with Gasteiger partial charge in [0.15, 0.2) is 5.78 Å². The molecule has 35 heavy (non-hydrogen) atoms. The number of rotatable bonds is 6. The van der Waals surface area contributed by atoms with E-state index in [2.05, 4.69) is 54.9 Å². The van der Waals surface area contributed by atoms with Crippen molar-refractivity contribution in [3.05, 3.63) is 94.2 Å². The Balaban J connectivity index is 1.49. The zero-order valence-electron chi connectivity index (χ0n) is 21.0. The molecule has 6 nitrogen and oxygen atoms in total. The normalized spacial score (nSPS) is 15.3. The molecule has 0 bridgehead atoms. The summed E-state index contributed by atoms with van der Waals surface area (Å²) in [6, 6.07) is 15.2. The minimum Gasteiger partial charge on any atom is -0.348 e. The maximum absolute atomic E-state index is 13.0. The van der Waals surface area contributed by atoms with Crippen LogP contribution in [0.2, 0.25) is 0 Å². The van der Waals surface area contributed by atoms with Gasteiger partial charge in [0.1, 0.15) is 5.71 Å². The summed E-state index contributed by atoms with van der Waals surface area (Å²) >= 11 is 0. The summed E-state index contributed by atoms with van der Waals surface area (Å²) in [5, 5.41) is 2.95. The molecule has 6 heteroatoms. The van der Waals surface area contributed by atoms with E-state index in [9.17, 15) is 9.59 Å². The topological polar surface area (TPSA) is 87.2 Å². The van der Waals surface area contributed by atoms with Crippen LogP contribution in [0.1, 0.15) is 79.0 Å². The van der Waals surface area contributed by atoms with Crippen molar-refractivity contribution in [2.24, 2.45) is 4.99 Å². The number of H-pyrrole nitrogens is 1. The van der Waals surface area contributed by atoms with Crippen LogP contribution in [0.15, 0.2) is 65.5 Å². The molecule has 2 N–H and O–H groups in total. The van der Waals surface area contributed by atoms with Crippen LogP contribution in [-0.2, 0) is 16.6 Å². The first-order valence-electron chi connectivity index (χ1n) is 11.9. The van der Waals surface area contributed by atoms with Crippen LogP contribution in [0.25, 0.3) is 6.08 Å². The van der Waals surface area contributed by atoms with Crippen molar-refractivity contribution in [1.29, 1.82) is 0 Å². The van der Waals surface area contributed by atoms with E-state index < -0.39 is 0 Å². The lowest BCUT2D eigenvalue weighted by Crippen LogP contribution is -2.37. The van der Waals surface area contributed by atoms with Crippen molar-refractivity contribution in [2.45, 2.75) is 52.4 Å². The zero-order valence-corrected chi connectivity index (χ0v) is 21.0. The fourth-order valence-corrected chi connectivity index (χ4v) is 4.15. The third kappa shape index (κ3) is 5.65. The average Bonchev–Trinajstić information content (AvgIpc) is 3.30. The predicted octanol–water partition coefficient (Wildman–Crippen LogP) is 5.22. The van der Waals surface area contributed by atoms with Gasteiger partial charge < -0.3 is 10.3 Å². The third-order valence-corrected chi connectivity index (χ3v) is 6.08. The molecule has 0 aliphatic carbocycles. The molecule has 1 aliphatic heterocycles. The molecule has 3 aromatic rings. The number of hydrogen-bond donors (Lipinski definition) is 2. The molecule has 0 saturated heterocycles. The van der Waals surface area contributed by atoms with Crippen molar-refractivity contribution in [2.75, 3.05) is 6.54 Å². The Bertz CT molecular complexity index is 1300. The maximum Gasteiger partial charge on any atom is 0.269 e. The summed E-state index contributed by atoms with van der Waals surface area (Å²) in [4.78, 5) is 37.9. The summed E-state index contributed by atoms with van der Waals surface area (Å²) in [5.41, 5.74) is 6.22. The van der Waals surface area contributed by atoms with Crippen molar-refractivity contribution < 1.29 is 9.59 Å². The summed E-state index contributed by atoms with van der Waals surface area (Å²) in [5.74, 6) is 0.181. The van der Waals surface area contributed by atoms with Crippen LogP contribution in [0.5, 0.6) is 0 Å². The van der Waals surface area contributed by atoms with Gasteiger partial charge in [-0.25, -0.2) is 4.98 Å². The van der Waals surface area contributed by atoms with E-state index in [1.165, 1.54) is 5.56 Å². The molecule has 2 aromatic carbocycles. The Hall–Kier alpha value is -3.80. The van der Waals surface area contributed by atoms with E-state index in [-0.39, 0.29) is 17.1 Å². The van der Waals surface area contributed by atoms with Gasteiger partial charge in [-0.05, 0) is 29.2 Å². The average molecular weight is 469 g/mol. The largest absolute Gasteiger partial charge is 0.348 e. The van der Waals surface area contributed by atoms with Gasteiger partial charge in [-0.15, -0.1) is 0 Å². The molecule has 0 spiro atoms. The number of aromatic nitrogens is 2. The molecule has 0 unspecified atom stereocenters. The fraction of sp³-hybridized carbons (Fsp3) is 0.310. The monoisotopic (exact) mass is 468 g/mol. The van der Waals surface area contributed by atoms with Crippen molar-refractivity contribution >= 4 is 23.5 Å². The minimum absolute atomic E-state index is 0.0252. The van der Waals surface area contributed by atoms with Gasteiger partial charge in [0, 0.05) is 34.4 Å². The molecule has 0 radical (unpaired) electrons. The van der Waals surface area contributed by atoms with Crippen LogP contribution in [0.4, 0.5) is 0 Å². The smallest absolute Gasteiger partial charge is 0.269 e. The molecule has 0 fully saturated rings. The first-order valence-corrected chi connectivity index (χ1v) is 11.9. The molecule has 1 amide bonds. The second-order valence-corrected chi connectivity index (χ2v) is 10.3. The van der Waals surface area contributed by atoms with E-state index in [4.69, 9.17) is 0 Å². The highest BCUT2D eigenvalue weighted by atomic mass is 16.2. The zero-order chi connectivity index (χ0) is 25.2. The molecule has 2 heterocycles. The van der Waals surface area contributed by atoms with Gasteiger partial charge in [-0.3, -0.25) is 14.6 Å². The second kappa shape index (κ2) is 9.82. The van der Waals surface area contributed by atoms with Gasteiger partial charge >= 0.3 is 0 Å². The highest BCUT2D eigenvalue weighted by Gasteiger charge is 2.25. The first-order chi connectivity index (χ1) is 16.6. The van der Waals surface area contributed by atoms with Crippen LogP contribution in [-0.4, -0.2) is 33.9 Å². The number of nitrogens with zero attached hydrogens (tertiary/aromatic N) is 2. The Morgan fingerprint density at radius 3 is 2.49 bits per heavy atom. The molecule has 4 rings (SSSR count). The number of nitrogens with one attached hydrogen (secondary N) is 2. The number of hydrogen-bond acceptors (Lipinski definition) is 4. The number of aliphatic imine (C=N–C) groups is 1. The Morgan fingerprint density at radius 1 is 1.09 bits per heavy atom. The lowest BCUT2D eigenvalue weighted by molar-refractivity contribution is -0.114. The predicted molar refractivity (Wildman–Crippen MR) is 140 cm³/mol. The number of benzene rings is 2. The number of carbonyl (C=O) groups excluding carboxylic acids is 2. The van der Waals surface area contributed by atoms with Gasteiger partial charge in [-0.2, -0.15) is 0 Å². The highest BCUT2D eigenvalue weighted by molar-refractivity contribution is 6.40. The summed E-state index contributed by atoms with van der Waals surface area (Å²) in [6.07, 6.45) is 3.94. The number of carbonyl (C=O) groups is 2. The van der Waals surface area contributed by atoms with E-state index in [1.807, 2.05) is 54.6 Å². The minimum atomic E-state index is -0.213. The summed E-state index contributed by atoms with van der Waals surface area (Å²) in [6.45, 7) is 10.9. The Kier molecular flexibility index (Phi) is 6.83. The first kappa shape index (κ1) is 24.3. The third-order valence-electron chi connectivity index (χ3n) is 6.08. The van der Waals surface area contributed by atoms with Crippen molar-refractivity contribution in [3.8, 4) is 0 Å². The van der Waals surface area contributed by atoms with Crippen LogP contribution < -0.4 is 5.32 Å². The lowest BCUT2D eigenvalue weighted by atomic mass is 9.89. The highest BCUT2D eigenvalue weighted by Crippen LogP contribution is 2.24. The van der Waals surface area contributed by atoms with Gasteiger partial charge in [0.05, 0.1) is 18.6 Å². The van der Waals surface area contributed by atoms with Crippen LogP contribution in [0, 0.1) is 0 Å². The number of amides is 1. The molecule has 1 aromatic heterocycles. The van der Waals surface area contributed by atoms with E-state index >= 15 is 0 Å².